The van der Waals surface area contributed by atoms with Crippen LogP contribution in [0.1, 0.15) is 18.9 Å². The molecule has 0 aliphatic carbocycles. The van der Waals surface area contributed by atoms with Gasteiger partial charge in [-0.15, -0.1) is 0 Å². The first-order valence-electron chi connectivity index (χ1n) is 8.57. The highest BCUT2D eigenvalue weighted by atomic mass is 16.5. The topological polar surface area (TPSA) is 76.7 Å². The van der Waals surface area contributed by atoms with Gasteiger partial charge in [0, 0.05) is 6.54 Å². The van der Waals surface area contributed by atoms with E-state index in [-0.39, 0.29) is 25.0 Å². The number of rotatable bonds is 9. The Kier molecular flexibility index (Phi) is 7.49. The number of hydrogen-bond acceptors (Lipinski definition) is 4. The van der Waals surface area contributed by atoms with Crippen molar-refractivity contribution in [1.29, 1.82) is 0 Å². The fourth-order valence-corrected chi connectivity index (χ4v) is 2.05. The molecule has 6 nitrogen and oxygen atoms in total. The van der Waals surface area contributed by atoms with Crippen LogP contribution in [-0.4, -0.2) is 31.5 Å². The Bertz CT molecular complexity index is 712. The first kappa shape index (κ1) is 19.3. The van der Waals surface area contributed by atoms with Crippen LogP contribution in [0.2, 0.25) is 0 Å². The van der Waals surface area contributed by atoms with Crippen molar-refractivity contribution in [2.75, 3.05) is 19.7 Å². The summed E-state index contributed by atoms with van der Waals surface area (Å²) < 4.78 is 11.1. The minimum absolute atomic E-state index is 0.0501. The zero-order chi connectivity index (χ0) is 18.8. The summed E-state index contributed by atoms with van der Waals surface area (Å²) >= 11 is 0. The molecule has 138 valence electrons. The quantitative estimate of drug-likeness (QED) is 0.724. The fraction of sp³-hybridized carbons (Fsp3) is 0.300. The number of benzene rings is 2. The van der Waals surface area contributed by atoms with Gasteiger partial charge in [-0.1, -0.05) is 24.6 Å². The van der Waals surface area contributed by atoms with Crippen LogP contribution in [-0.2, 0) is 9.59 Å². The molecule has 26 heavy (non-hydrogen) atoms. The second kappa shape index (κ2) is 10.1. The fourth-order valence-electron chi connectivity index (χ4n) is 2.05. The van der Waals surface area contributed by atoms with Crippen LogP contribution in [0.15, 0.2) is 48.5 Å². The van der Waals surface area contributed by atoms with E-state index < -0.39 is 0 Å². The monoisotopic (exact) mass is 356 g/mol. The summed E-state index contributed by atoms with van der Waals surface area (Å²) in [6.45, 7) is 4.38. The van der Waals surface area contributed by atoms with Crippen molar-refractivity contribution in [2.45, 2.75) is 20.3 Å². The van der Waals surface area contributed by atoms with E-state index in [0.29, 0.717) is 18.0 Å². The van der Waals surface area contributed by atoms with Crippen LogP contribution < -0.4 is 20.1 Å². The summed E-state index contributed by atoms with van der Waals surface area (Å²) in [6, 6.07) is 14.8. The maximum Gasteiger partial charge on any atom is 0.258 e. The first-order chi connectivity index (χ1) is 12.6. The van der Waals surface area contributed by atoms with E-state index in [9.17, 15) is 9.59 Å². The molecule has 2 aromatic rings. The van der Waals surface area contributed by atoms with Crippen molar-refractivity contribution in [3.05, 3.63) is 54.1 Å². The molecular formula is C20H24N2O4. The second-order valence-electron chi connectivity index (χ2n) is 5.80. The molecule has 2 aromatic carbocycles. The van der Waals surface area contributed by atoms with Crippen molar-refractivity contribution in [3.63, 3.8) is 0 Å². The Balaban J connectivity index is 1.73. The molecule has 2 amide bonds. The predicted molar refractivity (Wildman–Crippen MR) is 99.5 cm³/mol. The zero-order valence-electron chi connectivity index (χ0n) is 15.1. The first-order valence-corrected chi connectivity index (χ1v) is 8.57. The van der Waals surface area contributed by atoms with E-state index in [4.69, 9.17) is 9.47 Å². The van der Waals surface area contributed by atoms with E-state index in [2.05, 4.69) is 10.6 Å². The van der Waals surface area contributed by atoms with Gasteiger partial charge in [-0.3, -0.25) is 9.59 Å². The number of nitrogens with one attached hydrogen (secondary N) is 2. The number of aryl methyl sites for hydroxylation is 1. The summed E-state index contributed by atoms with van der Waals surface area (Å²) in [5.74, 6) is 1.42. The van der Waals surface area contributed by atoms with Gasteiger partial charge in [0.15, 0.2) is 6.61 Å². The largest absolute Gasteiger partial charge is 0.484 e. The number of amides is 2. The van der Waals surface area contributed by atoms with Gasteiger partial charge in [-0.25, -0.2) is 0 Å². The molecule has 0 bridgehead atoms. The van der Waals surface area contributed by atoms with Gasteiger partial charge in [-0.2, -0.15) is 0 Å². The molecule has 2 rings (SSSR count). The Morgan fingerprint density at radius 3 is 2.04 bits per heavy atom. The molecule has 0 spiro atoms. The van der Waals surface area contributed by atoms with Gasteiger partial charge in [-0.05, 0) is 49.7 Å². The molecule has 0 unspecified atom stereocenters. The van der Waals surface area contributed by atoms with Crippen molar-refractivity contribution < 1.29 is 19.1 Å². The summed E-state index contributed by atoms with van der Waals surface area (Å²) in [7, 11) is 0. The summed E-state index contributed by atoms with van der Waals surface area (Å²) in [5.41, 5.74) is 1.17. The number of carbonyl (C=O) groups is 2. The number of hydrogen-bond donors (Lipinski definition) is 2. The molecule has 2 N–H and O–H groups in total. The molecule has 0 aliphatic heterocycles. The van der Waals surface area contributed by atoms with Crippen molar-refractivity contribution in [1.82, 2.24) is 10.6 Å². The van der Waals surface area contributed by atoms with E-state index >= 15 is 0 Å². The van der Waals surface area contributed by atoms with Crippen LogP contribution >= 0.6 is 0 Å². The van der Waals surface area contributed by atoms with E-state index in [0.717, 1.165) is 12.2 Å². The van der Waals surface area contributed by atoms with Gasteiger partial charge < -0.3 is 20.1 Å². The summed E-state index contributed by atoms with van der Waals surface area (Å²) in [5, 5.41) is 5.19. The summed E-state index contributed by atoms with van der Waals surface area (Å²) in [4.78, 5) is 23.1. The Hall–Kier alpha value is -3.02. The molecule has 0 aromatic heterocycles. The minimum atomic E-state index is -0.350. The van der Waals surface area contributed by atoms with Gasteiger partial charge in [0.05, 0.1) is 6.54 Å². The van der Waals surface area contributed by atoms with E-state index in [1.54, 1.807) is 24.3 Å². The van der Waals surface area contributed by atoms with Crippen molar-refractivity contribution in [3.8, 4) is 17.2 Å². The summed E-state index contributed by atoms with van der Waals surface area (Å²) in [6.07, 6.45) is 0.854. The Morgan fingerprint density at radius 1 is 0.846 bits per heavy atom. The lowest BCUT2D eigenvalue weighted by molar-refractivity contribution is -0.127. The molecule has 0 atom stereocenters. The van der Waals surface area contributed by atoms with E-state index in [1.807, 2.05) is 38.1 Å². The minimum Gasteiger partial charge on any atom is -0.484 e. The van der Waals surface area contributed by atoms with Crippen LogP contribution in [0.25, 0.3) is 0 Å². The Labute approximate surface area is 153 Å². The predicted octanol–water partition coefficient (Wildman–Crippen LogP) is 2.81. The highest BCUT2D eigenvalue weighted by Gasteiger charge is 2.06. The average Bonchev–Trinajstić information content (AvgIpc) is 2.66. The standard InChI is InChI=1S/C20H24N2O4/c1-3-12-21-19(23)13-22-20(24)14-25-16-8-10-18(11-9-16)26-17-6-4-15(2)5-7-17/h4-11H,3,12-14H2,1-2H3,(H,21,23)(H,22,24). The molecule has 0 saturated heterocycles. The Morgan fingerprint density at radius 2 is 1.42 bits per heavy atom. The van der Waals surface area contributed by atoms with Crippen molar-refractivity contribution in [2.24, 2.45) is 0 Å². The highest BCUT2D eigenvalue weighted by molar-refractivity contribution is 5.85. The molecular weight excluding hydrogens is 332 g/mol. The molecule has 0 fully saturated rings. The van der Waals surface area contributed by atoms with Crippen LogP contribution in [0.4, 0.5) is 0 Å². The molecule has 0 aliphatic rings. The maximum atomic E-state index is 11.7. The molecule has 0 radical (unpaired) electrons. The molecule has 6 heteroatoms. The number of carbonyl (C=O) groups excluding carboxylic acids is 2. The SMILES string of the molecule is CCCNC(=O)CNC(=O)COc1ccc(Oc2ccc(C)cc2)cc1. The van der Waals surface area contributed by atoms with E-state index in [1.165, 1.54) is 5.56 Å². The smallest absolute Gasteiger partial charge is 0.258 e. The third-order valence-electron chi connectivity index (χ3n) is 3.47. The van der Waals surface area contributed by atoms with Crippen LogP contribution in [0.5, 0.6) is 17.2 Å². The molecule has 0 saturated carbocycles. The van der Waals surface area contributed by atoms with Crippen molar-refractivity contribution >= 4 is 11.8 Å². The highest BCUT2D eigenvalue weighted by Crippen LogP contribution is 2.24. The second-order valence-corrected chi connectivity index (χ2v) is 5.80. The normalized spacial score (nSPS) is 10.1. The number of ether oxygens (including phenoxy) is 2. The maximum absolute atomic E-state index is 11.7. The lowest BCUT2D eigenvalue weighted by atomic mass is 10.2. The molecule has 0 heterocycles. The van der Waals surface area contributed by atoms with Crippen LogP contribution in [0.3, 0.4) is 0 Å². The van der Waals surface area contributed by atoms with Gasteiger partial charge in [0.25, 0.3) is 5.91 Å². The lowest BCUT2D eigenvalue weighted by Gasteiger charge is -2.09. The van der Waals surface area contributed by atoms with Gasteiger partial charge >= 0.3 is 0 Å². The average molecular weight is 356 g/mol. The zero-order valence-corrected chi connectivity index (χ0v) is 15.1. The third kappa shape index (κ3) is 6.84. The lowest BCUT2D eigenvalue weighted by Crippen LogP contribution is -2.39. The van der Waals surface area contributed by atoms with Gasteiger partial charge in [0.1, 0.15) is 17.2 Å². The van der Waals surface area contributed by atoms with Crippen LogP contribution in [0, 0.1) is 6.92 Å². The third-order valence-corrected chi connectivity index (χ3v) is 3.47. The van der Waals surface area contributed by atoms with Gasteiger partial charge in [0.2, 0.25) is 5.91 Å².